The highest BCUT2D eigenvalue weighted by atomic mass is 35.5. The van der Waals surface area contributed by atoms with Crippen molar-refractivity contribution in [3.05, 3.63) is 27.7 Å². The summed E-state index contributed by atoms with van der Waals surface area (Å²) in [5.74, 6) is 1.09. The number of rotatable bonds is 4. The molecular weight excluding hydrogens is 245 g/mol. The highest BCUT2D eigenvalue weighted by Gasteiger charge is 2.14. The zero-order chi connectivity index (χ0) is 12.3. The first kappa shape index (κ1) is 13.6. The molecule has 1 unspecified atom stereocenters. The molecule has 0 aliphatic rings. The van der Waals surface area contributed by atoms with Gasteiger partial charge in [0.25, 0.3) is 0 Å². The Morgan fingerprint density at radius 2 is 1.88 bits per heavy atom. The molecule has 1 rings (SSSR count). The van der Waals surface area contributed by atoms with Gasteiger partial charge in [0, 0.05) is 16.6 Å². The summed E-state index contributed by atoms with van der Waals surface area (Å²) in [6.45, 7) is 6.65. The second kappa shape index (κ2) is 5.76. The molecule has 0 bridgehead atoms. The lowest BCUT2D eigenvalue weighted by Gasteiger charge is -2.17. The third-order valence-corrected chi connectivity index (χ3v) is 2.59. The van der Waals surface area contributed by atoms with Crippen molar-refractivity contribution in [1.82, 2.24) is 0 Å². The number of ether oxygens (including phenoxy) is 1. The van der Waals surface area contributed by atoms with Gasteiger partial charge < -0.3 is 10.5 Å². The lowest BCUT2D eigenvalue weighted by atomic mass is 10.1. The maximum Gasteiger partial charge on any atom is 0.142 e. The van der Waals surface area contributed by atoms with E-state index in [1.165, 1.54) is 0 Å². The van der Waals surface area contributed by atoms with Crippen LogP contribution in [0.15, 0.2) is 12.1 Å². The summed E-state index contributed by atoms with van der Waals surface area (Å²) < 4.78 is 5.68. The molecule has 0 amide bonds. The van der Waals surface area contributed by atoms with E-state index >= 15 is 0 Å². The van der Waals surface area contributed by atoms with Crippen LogP contribution in [0.2, 0.25) is 10.0 Å². The van der Waals surface area contributed by atoms with Crippen molar-refractivity contribution in [2.75, 3.05) is 6.61 Å². The van der Waals surface area contributed by atoms with Gasteiger partial charge in [-0.2, -0.15) is 0 Å². The van der Waals surface area contributed by atoms with Crippen LogP contribution in [-0.2, 0) is 0 Å². The summed E-state index contributed by atoms with van der Waals surface area (Å²) in [5.41, 5.74) is 6.71. The summed E-state index contributed by atoms with van der Waals surface area (Å²) in [4.78, 5) is 0. The fraction of sp³-hybridized carbons (Fsp3) is 0.500. The van der Waals surface area contributed by atoms with Crippen LogP contribution >= 0.6 is 23.2 Å². The van der Waals surface area contributed by atoms with Gasteiger partial charge in [0.2, 0.25) is 0 Å². The number of hydrogen-bond acceptors (Lipinski definition) is 2. The molecule has 0 aliphatic heterocycles. The van der Waals surface area contributed by atoms with E-state index in [-0.39, 0.29) is 6.04 Å². The molecule has 0 fully saturated rings. The van der Waals surface area contributed by atoms with Crippen LogP contribution in [0.4, 0.5) is 0 Å². The Morgan fingerprint density at radius 3 is 2.38 bits per heavy atom. The van der Waals surface area contributed by atoms with E-state index in [2.05, 4.69) is 13.8 Å². The van der Waals surface area contributed by atoms with Gasteiger partial charge in [-0.15, -0.1) is 0 Å². The highest BCUT2D eigenvalue weighted by molar-refractivity contribution is 6.35. The zero-order valence-corrected chi connectivity index (χ0v) is 11.3. The van der Waals surface area contributed by atoms with Crippen molar-refractivity contribution in [2.45, 2.75) is 26.8 Å². The maximum atomic E-state index is 6.10. The van der Waals surface area contributed by atoms with Crippen molar-refractivity contribution in [1.29, 1.82) is 0 Å². The fourth-order valence-corrected chi connectivity index (χ4v) is 1.88. The third-order valence-electron chi connectivity index (χ3n) is 2.09. The largest absolute Gasteiger partial charge is 0.491 e. The Hall–Kier alpha value is -0.440. The van der Waals surface area contributed by atoms with Gasteiger partial charge in [0.15, 0.2) is 0 Å². The second-order valence-corrected chi connectivity index (χ2v) is 5.14. The van der Waals surface area contributed by atoms with Gasteiger partial charge in [-0.05, 0) is 25.0 Å². The molecule has 16 heavy (non-hydrogen) atoms. The molecular formula is C12H17Cl2NO. The van der Waals surface area contributed by atoms with Crippen LogP contribution < -0.4 is 10.5 Å². The van der Waals surface area contributed by atoms with Crippen molar-refractivity contribution in [3.8, 4) is 5.75 Å². The van der Waals surface area contributed by atoms with Crippen LogP contribution in [0.5, 0.6) is 5.75 Å². The molecule has 2 N–H and O–H groups in total. The molecule has 1 atom stereocenters. The van der Waals surface area contributed by atoms with Crippen molar-refractivity contribution < 1.29 is 4.74 Å². The van der Waals surface area contributed by atoms with E-state index in [1.54, 1.807) is 12.1 Å². The lowest BCUT2D eigenvalue weighted by Crippen LogP contribution is -2.11. The Kier molecular flexibility index (Phi) is 4.90. The second-order valence-electron chi connectivity index (χ2n) is 4.30. The van der Waals surface area contributed by atoms with Crippen molar-refractivity contribution in [2.24, 2.45) is 11.7 Å². The van der Waals surface area contributed by atoms with E-state index in [1.807, 2.05) is 6.92 Å². The molecule has 0 spiro atoms. The predicted molar refractivity (Wildman–Crippen MR) is 69.4 cm³/mol. The van der Waals surface area contributed by atoms with Gasteiger partial charge in [0.1, 0.15) is 5.75 Å². The molecule has 4 heteroatoms. The monoisotopic (exact) mass is 261 g/mol. The summed E-state index contributed by atoms with van der Waals surface area (Å²) in [6.07, 6.45) is 0. The Labute approximate surface area is 107 Å². The molecule has 0 saturated carbocycles. The Morgan fingerprint density at radius 1 is 1.25 bits per heavy atom. The smallest absolute Gasteiger partial charge is 0.142 e. The summed E-state index contributed by atoms with van der Waals surface area (Å²) >= 11 is 12.0. The molecule has 90 valence electrons. The molecule has 0 saturated heterocycles. The minimum Gasteiger partial charge on any atom is -0.491 e. The van der Waals surface area contributed by atoms with E-state index in [0.717, 1.165) is 5.56 Å². The highest BCUT2D eigenvalue weighted by Crippen LogP contribution is 2.35. The first-order valence-corrected chi connectivity index (χ1v) is 6.04. The van der Waals surface area contributed by atoms with E-state index in [0.29, 0.717) is 28.3 Å². The average Bonchev–Trinajstić information content (AvgIpc) is 2.14. The average molecular weight is 262 g/mol. The third kappa shape index (κ3) is 3.55. The molecule has 1 aromatic carbocycles. The molecule has 2 nitrogen and oxygen atoms in total. The quantitative estimate of drug-likeness (QED) is 0.888. The number of hydrogen-bond donors (Lipinski definition) is 1. The number of halogens is 2. The van der Waals surface area contributed by atoms with E-state index in [4.69, 9.17) is 33.7 Å². The normalized spacial score (nSPS) is 12.9. The minimum absolute atomic E-state index is 0.154. The van der Waals surface area contributed by atoms with Crippen LogP contribution in [0.1, 0.15) is 32.4 Å². The molecule has 0 aromatic heterocycles. The maximum absolute atomic E-state index is 6.10. The topological polar surface area (TPSA) is 35.2 Å². The first-order valence-electron chi connectivity index (χ1n) is 5.29. The van der Waals surface area contributed by atoms with E-state index < -0.39 is 0 Å². The van der Waals surface area contributed by atoms with Crippen molar-refractivity contribution in [3.63, 3.8) is 0 Å². The molecule has 0 heterocycles. The standard InChI is InChI=1S/C12H17Cl2NO/c1-7(2)6-16-12-10(8(3)15)4-9(13)5-11(12)14/h4-5,7-8H,6,15H2,1-3H3. The fourth-order valence-electron chi connectivity index (χ4n) is 1.32. The Balaban J connectivity index is 3.04. The summed E-state index contributed by atoms with van der Waals surface area (Å²) in [6, 6.07) is 3.32. The van der Waals surface area contributed by atoms with Gasteiger partial charge in [0.05, 0.1) is 11.6 Å². The first-order chi connectivity index (χ1) is 7.41. The van der Waals surface area contributed by atoms with Crippen LogP contribution in [0.25, 0.3) is 0 Å². The molecule has 0 aliphatic carbocycles. The van der Waals surface area contributed by atoms with Crippen LogP contribution in [0, 0.1) is 5.92 Å². The van der Waals surface area contributed by atoms with Crippen LogP contribution in [0.3, 0.4) is 0 Å². The minimum atomic E-state index is -0.154. The zero-order valence-electron chi connectivity index (χ0n) is 9.76. The number of nitrogens with two attached hydrogens (primary N) is 1. The van der Waals surface area contributed by atoms with Crippen LogP contribution in [-0.4, -0.2) is 6.61 Å². The Bertz CT molecular complexity index is 364. The van der Waals surface area contributed by atoms with Crippen molar-refractivity contribution >= 4 is 23.2 Å². The van der Waals surface area contributed by atoms with E-state index in [9.17, 15) is 0 Å². The predicted octanol–water partition coefficient (Wildman–Crippen LogP) is 4.05. The molecule has 0 radical (unpaired) electrons. The van der Waals surface area contributed by atoms with Gasteiger partial charge in [-0.1, -0.05) is 37.0 Å². The van der Waals surface area contributed by atoms with Gasteiger partial charge >= 0.3 is 0 Å². The molecule has 1 aromatic rings. The van der Waals surface area contributed by atoms with Gasteiger partial charge in [-0.25, -0.2) is 0 Å². The lowest BCUT2D eigenvalue weighted by molar-refractivity contribution is 0.267. The summed E-state index contributed by atoms with van der Waals surface area (Å²) in [5, 5.41) is 1.09. The summed E-state index contributed by atoms with van der Waals surface area (Å²) in [7, 11) is 0. The number of benzene rings is 1. The van der Waals surface area contributed by atoms with Gasteiger partial charge in [-0.3, -0.25) is 0 Å². The SMILES string of the molecule is CC(C)COc1c(Cl)cc(Cl)cc1C(C)N.